The van der Waals surface area contributed by atoms with E-state index in [4.69, 9.17) is 4.74 Å². The van der Waals surface area contributed by atoms with Crippen LogP contribution in [0, 0.1) is 0 Å². The molecular formula is C19H18O5. The van der Waals surface area contributed by atoms with E-state index in [-0.39, 0.29) is 12.2 Å². The summed E-state index contributed by atoms with van der Waals surface area (Å²) >= 11 is 0. The molecule has 2 rings (SSSR count). The van der Waals surface area contributed by atoms with Gasteiger partial charge in [0.2, 0.25) is 5.78 Å². The lowest BCUT2D eigenvalue weighted by Gasteiger charge is -2.14. The van der Waals surface area contributed by atoms with Crippen LogP contribution >= 0.6 is 0 Å². The van der Waals surface area contributed by atoms with Gasteiger partial charge in [0.15, 0.2) is 5.78 Å². The van der Waals surface area contributed by atoms with Gasteiger partial charge in [0.05, 0.1) is 20.1 Å². The van der Waals surface area contributed by atoms with Gasteiger partial charge >= 0.3 is 5.97 Å². The first-order valence-electron chi connectivity index (χ1n) is 7.41. The molecule has 0 heterocycles. The van der Waals surface area contributed by atoms with E-state index in [2.05, 4.69) is 4.74 Å². The second-order valence-corrected chi connectivity index (χ2v) is 5.17. The van der Waals surface area contributed by atoms with Crippen LogP contribution in [0.2, 0.25) is 0 Å². The molecule has 0 aliphatic rings. The van der Waals surface area contributed by atoms with E-state index in [1.54, 1.807) is 54.6 Å². The Morgan fingerprint density at radius 3 is 2.08 bits per heavy atom. The van der Waals surface area contributed by atoms with Gasteiger partial charge in [-0.05, 0) is 29.8 Å². The zero-order valence-corrected chi connectivity index (χ0v) is 13.5. The molecule has 2 aromatic carbocycles. The van der Waals surface area contributed by atoms with E-state index in [0.717, 1.165) is 7.11 Å². The lowest BCUT2D eigenvalue weighted by atomic mass is 9.88. The summed E-state index contributed by atoms with van der Waals surface area (Å²) in [6.45, 7) is 0. The van der Waals surface area contributed by atoms with E-state index in [9.17, 15) is 14.4 Å². The number of rotatable bonds is 7. The average Bonchev–Trinajstić information content (AvgIpc) is 2.65. The second-order valence-electron chi connectivity index (χ2n) is 5.17. The van der Waals surface area contributed by atoms with E-state index in [0.29, 0.717) is 16.9 Å². The lowest BCUT2D eigenvalue weighted by molar-refractivity contribution is -0.152. The zero-order chi connectivity index (χ0) is 17.5. The highest BCUT2D eigenvalue weighted by Crippen LogP contribution is 2.24. The Morgan fingerprint density at radius 2 is 1.54 bits per heavy atom. The van der Waals surface area contributed by atoms with Crippen LogP contribution in [0.5, 0.6) is 5.75 Å². The minimum Gasteiger partial charge on any atom is -0.497 e. The Kier molecular flexibility index (Phi) is 5.84. The highest BCUT2D eigenvalue weighted by atomic mass is 16.5. The monoisotopic (exact) mass is 326 g/mol. The molecule has 0 amide bonds. The van der Waals surface area contributed by atoms with Crippen molar-refractivity contribution in [2.45, 2.75) is 12.3 Å². The Hall–Kier alpha value is -2.95. The van der Waals surface area contributed by atoms with Crippen molar-refractivity contribution in [2.75, 3.05) is 14.2 Å². The first kappa shape index (κ1) is 17.4. The average molecular weight is 326 g/mol. The number of Topliss-reactive ketones (excluding diaryl/α,β-unsaturated/α-hetero) is 2. The van der Waals surface area contributed by atoms with Crippen molar-refractivity contribution in [3.63, 3.8) is 0 Å². The van der Waals surface area contributed by atoms with Crippen molar-refractivity contribution in [3.8, 4) is 5.75 Å². The summed E-state index contributed by atoms with van der Waals surface area (Å²) in [4.78, 5) is 36.4. The van der Waals surface area contributed by atoms with Crippen LogP contribution in [0.1, 0.15) is 28.3 Å². The van der Waals surface area contributed by atoms with Crippen molar-refractivity contribution in [1.82, 2.24) is 0 Å². The van der Waals surface area contributed by atoms with Gasteiger partial charge in [-0.1, -0.05) is 30.3 Å². The third-order valence-electron chi connectivity index (χ3n) is 3.71. The van der Waals surface area contributed by atoms with Crippen molar-refractivity contribution in [1.29, 1.82) is 0 Å². The number of carbonyl (C=O) groups is 3. The van der Waals surface area contributed by atoms with E-state index < -0.39 is 17.7 Å². The van der Waals surface area contributed by atoms with E-state index in [1.165, 1.54) is 7.11 Å². The molecule has 0 N–H and O–H groups in total. The summed E-state index contributed by atoms with van der Waals surface area (Å²) in [6.07, 6.45) is -0.107. The molecule has 0 aliphatic carbocycles. The Labute approximate surface area is 140 Å². The summed E-state index contributed by atoms with van der Waals surface area (Å²) in [6, 6.07) is 15.3. The molecule has 0 fully saturated rings. The Morgan fingerprint density at radius 1 is 0.917 bits per heavy atom. The van der Waals surface area contributed by atoms with Gasteiger partial charge < -0.3 is 9.47 Å². The molecule has 0 spiro atoms. The van der Waals surface area contributed by atoms with Gasteiger partial charge in [-0.2, -0.15) is 0 Å². The third-order valence-corrected chi connectivity index (χ3v) is 3.71. The fraction of sp³-hybridized carbons (Fsp3) is 0.211. The number of hydrogen-bond donors (Lipinski definition) is 0. The Balaban J connectivity index is 2.25. The van der Waals surface area contributed by atoms with E-state index >= 15 is 0 Å². The molecule has 124 valence electrons. The van der Waals surface area contributed by atoms with Gasteiger partial charge in [0.25, 0.3) is 0 Å². The molecule has 0 aliphatic heterocycles. The highest BCUT2D eigenvalue weighted by molar-refractivity contribution is 6.36. The fourth-order valence-electron chi connectivity index (χ4n) is 2.37. The van der Waals surface area contributed by atoms with Gasteiger partial charge in [0.1, 0.15) is 5.75 Å². The van der Waals surface area contributed by atoms with Crippen molar-refractivity contribution < 1.29 is 23.9 Å². The molecule has 1 unspecified atom stereocenters. The molecule has 24 heavy (non-hydrogen) atoms. The number of esters is 1. The Bertz CT molecular complexity index is 719. The predicted molar refractivity (Wildman–Crippen MR) is 88.1 cm³/mol. The van der Waals surface area contributed by atoms with Crippen LogP contribution in [0.25, 0.3) is 0 Å². The molecule has 5 heteroatoms. The predicted octanol–water partition coefficient (Wildman–Crippen LogP) is 2.79. The normalized spacial score (nSPS) is 11.4. The molecule has 0 radical (unpaired) electrons. The number of carbonyl (C=O) groups excluding carboxylic acids is 3. The first-order chi connectivity index (χ1) is 11.6. The molecule has 0 saturated carbocycles. The van der Waals surface area contributed by atoms with Crippen molar-refractivity contribution >= 4 is 17.5 Å². The SMILES string of the molecule is COC(=O)C(=O)C(CC(=O)c1ccc(OC)cc1)c1ccccc1. The standard InChI is InChI=1S/C19H18O5/c1-23-15-10-8-14(9-11-15)17(20)12-16(18(21)19(22)24-2)13-6-4-3-5-7-13/h3-11,16H,12H2,1-2H3. The first-order valence-corrected chi connectivity index (χ1v) is 7.41. The second kappa shape index (κ2) is 8.06. The summed E-state index contributed by atoms with van der Waals surface area (Å²) in [7, 11) is 2.69. The molecule has 0 bridgehead atoms. The molecule has 0 saturated heterocycles. The number of methoxy groups -OCH3 is 2. The van der Waals surface area contributed by atoms with Crippen LogP contribution in [0.15, 0.2) is 54.6 Å². The third kappa shape index (κ3) is 4.07. The van der Waals surface area contributed by atoms with Crippen LogP contribution in [0.4, 0.5) is 0 Å². The summed E-state index contributed by atoms with van der Waals surface area (Å²) in [5.41, 5.74) is 1.06. The minimum absolute atomic E-state index is 0.107. The molecule has 2 aromatic rings. The maximum Gasteiger partial charge on any atom is 0.374 e. The van der Waals surface area contributed by atoms with Gasteiger partial charge in [-0.15, -0.1) is 0 Å². The summed E-state index contributed by atoms with van der Waals surface area (Å²) in [5.74, 6) is -2.15. The zero-order valence-electron chi connectivity index (χ0n) is 13.5. The van der Waals surface area contributed by atoms with Crippen LogP contribution in [-0.4, -0.2) is 31.8 Å². The van der Waals surface area contributed by atoms with Gasteiger partial charge in [0, 0.05) is 12.0 Å². The smallest absolute Gasteiger partial charge is 0.374 e. The largest absolute Gasteiger partial charge is 0.497 e. The minimum atomic E-state index is -0.952. The van der Waals surface area contributed by atoms with Crippen LogP contribution in [-0.2, 0) is 14.3 Å². The van der Waals surface area contributed by atoms with E-state index in [1.807, 2.05) is 0 Å². The van der Waals surface area contributed by atoms with Gasteiger partial charge in [-0.25, -0.2) is 4.79 Å². The fourth-order valence-corrected chi connectivity index (χ4v) is 2.37. The lowest BCUT2D eigenvalue weighted by Crippen LogP contribution is -2.25. The maximum absolute atomic E-state index is 12.5. The maximum atomic E-state index is 12.5. The summed E-state index contributed by atoms with van der Waals surface area (Å²) < 4.78 is 9.57. The number of ether oxygens (including phenoxy) is 2. The summed E-state index contributed by atoms with van der Waals surface area (Å²) in [5, 5.41) is 0. The molecular weight excluding hydrogens is 308 g/mol. The molecule has 1 atom stereocenters. The van der Waals surface area contributed by atoms with Crippen molar-refractivity contribution in [3.05, 3.63) is 65.7 Å². The molecule has 5 nitrogen and oxygen atoms in total. The van der Waals surface area contributed by atoms with Gasteiger partial charge in [-0.3, -0.25) is 9.59 Å². The number of benzene rings is 2. The van der Waals surface area contributed by atoms with Crippen LogP contribution < -0.4 is 4.74 Å². The van der Waals surface area contributed by atoms with Crippen LogP contribution in [0.3, 0.4) is 0 Å². The van der Waals surface area contributed by atoms with Crippen molar-refractivity contribution in [2.24, 2.45) is 0 Å². The molecule has 0 aromatic heterocycles. The quantitative estimate of drug-likeness (QED) is 0.444. The number of ketones is 2. The topological polar surface area (TPSA) is 69.7 Å². The highest BCUT2D eigenvalue weighted by Gasteiger charge is 2.30. The number of hydrogen-bond acceptors (Lipinski definition) is 5.